The quantitative estimate of drug-likeness (QED) is 0.161. The van der Waals surface area contributed by atoms with Crippen molar-refractivity contribution in [1.82, 2.24) is 0 Å². The van der Waals surface area contributed by atoms with E-state index < -0.39 is 17.1 Å². The number of anilines is 2. The van der Waals surface area contributed by atoms with Crippen molar-refractivity contribution in [3.8, 4) is 11.5 Å². The van der Waals surface area contributed by atoms with Crippen molar-refractivity contribution in [2.45, 2.75) is 10.1 Å². The van der Waals surface area contributed by atoms with Gasteiger partial charge in [0.1, 0.15) is 16.7 Å². The summed E-state index contributed by atoms with van der Waals surface area (Å²) in [5.74, 6) is -0.543. The average molecular weight is 525 g/mol. The van der Waals surface area contributed by atoms with Gasteiger partial charge in [-0.25, -0.2) is 4.79 Å². The molecule has 0 aromatic heterocycles. The molecule has 0 aliphatic carbocycles. The summed E-state index contributed by atoms with van der Waals surface area (Å²) in [6.45, 7) is 0. The molecule has 4 rings (SSSR count). The van der Waals surface area contributed by atoms with Crippen molar-refractivity contribution in [2.24, 2.45) is 0 Å². The van der Waals surface area contributed by atoms with Crippen molar-refractivity contribution in [3.05, 3.63) is 127 Å². The second-order valence-electron chi connectivity index (χ2n) is 8.02. The zero-order chi connectivity index (χ0) is 26.7. The predicted octanol–water partition coefficient (Wildman–Crippen LogP) is 6.53. The molecule has 0 radical (unpaired) electrons. The van der Waals surface area contributed by atoms with E-state index in [-0.39, 0.29) is 5.91 Å². The first-order chi connectivity index (χ1) is 18.5. The van der Waals surface area contributed by atoms with E-state index in [0.717, 1.165) is 28.4 Å². The SMILES string of the molecule is O=C(O)/C=C/C(=O)Nc1ccc(SC(C(=O)Nc2ccc(Oc3ccccc3)cc2)c2ccccc2)cc1. The molecule has 1 atom stereocenters. The number of nitrogens with one attached hydrogen (secondary N) is 2. The Hall–Kier alpha value is -4.82. The Bertz CT molecular complexity index is 1410. The van der Waals surface area contributed by atoms with Crippen LogP contribution in [0.3, 0.4) is 0 Å². The third-order valence-electron chi connectivity index (χ3n) is 5.19. The van der Waals surface area contributed by atoms with Gasteiger partial charge in [0.25, 0.3) is 0 Å². The zero-order valence-corrected chi connectivity index (χ0v) is 20.9. The Morgan fingerprint density at radius 2 is 1.24 bits per heavy atom. The Morgan fingerprint density at radius 1 is 0.684 bits per heavy atom. The number of carbonyl (C=O) groups excluding carboxylic acids is 2. The van der Waals surface area contributed by atoms with Crippen LogP contribution < -0.4 is 15.4 Å². The molecule has 8 heteroatoms. The van der Waals surface area contributed by atoms with Gasteiger partial charge in [-0.1, -0.05) is 48.5 Å². The van der Waals surface area contributed by atoms with E-state index in [1.54, 1.807) is 48.5 Å². The van der Waals surface area contributed by atoms with Crippen LogP contribution in [-0.2, 0) is 14.4 Å². The summed E-state index contributed by atoms with van der Waals surface area (Å²) in [7, 11) is 0. The molecule has 3 N–H and O–H groups in total. The average Bonchev–Trinajstić information content (AvgIpc) is 2.93. The highest BCUT2D eigenvalue weighted by Crippen LogP contribution is 2.37. The van der Waals surface area contributed by atoms with Crippen LogP contribution in [0.15, 0.2) is 126 Å². The van der Waals surface area contributed by atoms with Gasteiger partial charge in [0.05, 0.1) is 0 Å². The fourth-order valence-corrected chi connectivity index (χ4v) is 4.45. The standard InChI is InChI=1S/C30H24N2O5S/c33-27(19-20-28(34)35)31-22-13-17-26(18-14-22)38-29(21-7-3-1-4-8-21)30(36)32-23-11-15-25(16-12-23)37-24-9-5-2-6-10-24/h1-20,29H,(H,31,33)(H,32,36)(H,34,35)/b20-19+. The summed E-state index contributed by atoms with van der Waals surface area (Å²) >= 11 is 1.37. The van der Waals surface area contributed by atoms with E-state index >= 15 is 0 Å². The number of thioether (sulfide) groups is 1. The number of hydrogen-bond donors (Lipinski definition) is 3. The molecular formula is C30H24N2O5S. The van der Waals surface area contributed by atoms with Gasteiger partial charge in [0.2, 0.25) is 11.8 Å². The monoisotopic (exact) mass is 524 g/mol. The van der Waals surface area contributed by atoms with Crippen molar-refractivity contribution >= 4 is 40.9 Å². The third-order valence-corrected chi connectivity index (χ3v) is 6.46. The minimum Gasteiger partial charge on any atom is -0.478 e. The second kappa shape index (κ2) is 12.9. The first kappa shape index (κ1) is 26.2. The lowest BCUT2D eigenvalue weighted by Crippen LogP contribution is -2.19. The maximum atomic E-state index is 13.4. The van der Waals surface area contributed by atoms with E-state index in [4.69, 9.17) is 9.84 Å². The predicted molar refractivity (Wildman–Crippen MR) is 148 cm³/mol. The number of benzene rings is 4. The van der Waals surface area contributed by atoms with Gasteiger partial charge in [-0.05, 0) is 66.2 Å². The normalized spacial score (nSPS) is 11.5. The first-order valence-electron chi connectivity index (χ1n) is 11.6. The lowest BCUT2D eigenvalue weighted by atomic mass is 10.1. The van der Waals surface area contributed by atoms with Crippen LogP contribution in [0, 0.1) is 0 Å². The van der Waals surface area contributed by atoms with Crippen molar-refractivity contribution in [2.75, 3.05) is 10.6 Å². The minimum atomic E-state index is -1.20. The Kier molecular flexibility index (Phi) is 8.93. The van der Waals surface area contributed by atoms with Gasteiger partial charge in [0.15, 0.2) is 0 Å². The molecule has 0 heterocycles. The highest BCUT2D eigenvalue weighted by atomic mass is 32.2. The van der Waals surface area contributed by atoms with Gasteiger partial charge in [0, 0.05) is 28.4 Å². The summed E-state index contributed by atoms with van der Waals surface area (Å²) in [6.07, 6.45) is 1.72. The number of carboxylic acids is 1. The lowest BCUT2D eigenvalue weighted by Gasteiger charge is -2.17. The van der Waals surface area contributed by atoms with Gasteiger partial charge in [-0.2, -0.15) is 0 Å². The van der Waals surface area contributed by atoms with Crippen LogP contribution >= 0.6 is 11.8 Å². The van der Waals surface area contributed by atoms with Crippen LogP contribution in [0.2, 0.25) is 0 Å². The molecule has 7 nitrogen and oxygen atoms in total. The number of amides is 2. The first-order valence-corrected chi connectivity index (χ1v) is 12.5. The van der Waals surface area contributed by atoms with E-state index in [9.17, 15) is 14.4 Å². The van der Waals surface area contributed by atoms with E-state index in [2.05, 4.69) is 10.6 Å². The summed E-state index contributed by atoms with van der Waals surface area (Å²) in [5, 5.41) is 13.7. The minimum absolute atomic E-state index is 0.186. The molecule has 1 unspecified atom stereocenters. The van der Waals surface area contributed by atoms with Crippen molar-refractivity contribution < 1.29 is 24.2 Å². The van der Waals surface area contributed by atoms with Crippen LogP contribution in [0.1, 0.15) is 10.8 Å². The highest BCUT2D eigenvalue weighted by molar-refractivity contribution is 8.00. The molecule has 0 aliphatic rings. The maximum absolute atomic E-state index is 13.4. The molecule has 38 heavy (non-hydrogen) atoms. The number of hydrogen-bond acceptors (Lipinski definition) is 5. The molecule has 0 bridgehead atoms. The Labute approximate surface area is 224 Å². The number of carboxylic acid groups (broad SMARTS) is 1. The third kappa shape index (κ3) is 7.84. The summed E-state index contributed by atoms with van der Waals surface area (Å²) < 4.78 is 5.82. The second-order valence-corrected chi connectivity index (χ2v) is 9.20. The fraction of sp³-hybridized carbons (Fsp3) is 0.0333. The van der Waals surface area contributed by atoms with Crippen LogP contribution in [-0.4, -0.2) is 22.9 Å². The lowest BCUT2D eigenvalue weighted by molar-refractivity contribution is -0.131. The molecule has 0 aliphatic heterocycles. The molecule has 0 spiro atoms. The Balaban J connectivity index is 1.43. The summed E-state index contributed by atoms with van der Waals surface area (Å²) in [5.41, 5.74) is 1.99. The number of aliphatic carboxylic acids is 1. The Morgan fingerprint density at radius 3 is 1.87 bits per heavy atom. The number of ether oxygens (including phenoxy) is 1. The highest BCUT2D eigenvalue weighted by Gasteiger charge is 2.22. The number of para-hydroxylation sites is 1. The topological polar surface area (TPSA) is 105 Å². The maximum Gasteiger partial charge on any atom is 0.328 e. The smallest absolute Gasteiger partial charge is 0.328 e. The van der Waals surface area contributed by atoms with Crippen LogP contribution in [0.25, 0.3) is 0 Å². The van der Waals surface area contributed by atoms with E-state index in [1.165, 1.54) is 11.8 Å². The molecule has 0 saturated carbocycles. The zero-order valence-electron chi connectivity index (χ0n) is 20.1. The van der Waals surface area contributed by atoms with E-state index in [1.807, 2.05) is 60.7 Å². The molecule has 4 aromatic rings. The van der Waals surface area contributed by atoms with Crippen LogP contribution in [0.4, 0.5) is 11.4 Å². The van der Waals surface area contributed by atoms with Gasteiger partial charge in [-0.3, -0.25) is 9.59 Å². The molecule has 2 amide bonds. The fourth-order valence-electron chi connectivity index (χ4n) is 3.42. The van der Waals surface area contributed by atoms with Gasteiger partial charge >= 0.3 is 5.97 Å². The summed E-state index contributed by atoms with van der Waals surface area (Å²) in [6, 6.07) is 33.1. The molecule has 0 saturated heterocycles. The van der Waals surface area contributed by atoms with Gasteiger partial charge in [-0.15, -0.1) is 11.8 Å². The molecular weight excluding hydrogens is 500 g/mol. The molecule has 190 valence electrons. The van der Waals surface area contributed by atoms with Gasteiger partial charge < -0.3 is 20.5 Å². The van der Waals surface area contributed by atoms with E-state index in [0.29, 0.717) is 17.1 Å². The van der Waals surface area contributed by atoms with Crippen molar-refractivity contribution in [3.63, 3.8) is 0 Å². The number of rotatable bonds is 10. The van der Waals surface area contributed by atoms with Crippen molar-refractivity contribution in [1.29, 1.82) is 0 Å². The summed E-state index contributed by atoms with van der Waals surface area (Å²) in [4.78, 5) is 36.6. The largest absolute Gasteiger partial charge is 0.478 e. The van der Waals surface area contributed by atoms with Crippen LogP contribution in [0.5, 0.6) is 11.5 Å². The molecule has 4 aromatic carbocycles. The molecule has 0 fully saturated rings. The number of carbonyl (C=O) groups is 3.